The van der Waals surface area contributed by atoms with Gasteiger partial charge in [0, 0.05) is 87.4 Å². The number of piperazine rings is 2. The normalized spacial score (nSPS) is 16.0. The van der Waals surface area contributed by atoms with Crippen molar-refractivity contribution in [1.82, 2.24) is 19.8 Å². The summed E-state index contributed by atoms with van der Waals surface area (Å²) in [6.45, 7) is 7.20. The second-order valence-electron chi connectivity index (χ2n) is 9.57. The van der Waals surface area contributed by atoms with Crippen LogP contribution in [0.25, 0.3) is 0 Å². The van der Waals surface area contributed by atoms with E-state index in [0.29, 0.717) is 47.8 Å². The molecule has 2 saturated heterocycles. The minimum absolute atomic E-state index is 0.00400. The molecule has 0 unspecified atom stereocenters. The summed E-state index contributed by atoms with van der Waals surface area (Å²) in [5.74, 6) is 1.54. The summed E-state index contributed by atoms with van der Waals surface area (Å²) in [7, 11) is 0. The van der Waals surface area contributed by atoms with Gasteiger partial charge in [-0.2, -0.15) is 0 Å². The van der Waals surface area contributed by atoms with Gasteiger partial charge in [-0.05, 0) is 35.9 Å². The van der Waals surface area contributed by atoms with E-state index in [0.717, 1.165) is 48.3 Å². The third kappa shape index (κ3) is 6.96. The third-order valence-corrected chi connectivity index (χ3v) is 8.37. The van der Waals surface area contributed by atoms with Gasteiger partial charge in [0.05, 0.1) is 0 Å². The number of carbonyl (C=O) groups is 2. The van der Waals surface area contributed by atoms with Gasteiger partial charge in [0.2, 0.25) is 5.91 Å². The number of thioether (sulfide) groups is 1. The monoisotopic (exact) mass is 584 g/mol. The van der Waals surface area contributed by atoms with Crippen molar-refractivity contribution < 1.29 is 9.59 Å². The van der Waals surface area contributed by atoms with Crippen LogP contribution in [0.5, 0.6) is 0 Å². The maximum absolute atomic E-state index is 12.9. The van der Waals surface area contributed by atoms with Crippen molar-refractivity contribution in [1.29, 1.82) is 0 Å². The first kappa shape index (κ1) is 27.6. The average molecular weight is 586 g/mol. The van der Waals surface area contributed by atoms with Crippen LogP contribution in [0.4, 0.5) is 11.5 Å². The first-order chi connectivity index (χ1) is 18.9. The molecule has 2 fully saturated rings. The molecule has 0 bridgehead atoms. The lowest BCUT2D eigenvalue weighted by atomic mass is 10.1. The Balaban J connectivity index is 1.15. The molecule has 0 aliphatic carbocycles. The van der Waals surface area contributed by atoms with Crippen LogP contribution in [0.15, 0.2) is 59.8 Å². The number of carbonyl (C=O) groups excluding carboxylic acids is 2. The van der Waals surface area contributed by atoms with Crippen LogP contribution in [0.1, 0.15) is 22.8 Å². The molecular weight excluding hydrogens is 555 g/mol. The topological polar surface area (TPSA) is 72.9 Å². The molecule has 2 aliphatic heterocycles. The lowest BCUT2D eigenvalue weighted by Crippen LogP contribution is -2.50. The molecule has 2 aromatic carbocycles. The summed E-state index contributed by atoms with van der Waals surface area (Å²) >= 11 is 14.1. The smallest absolute Gasteiger partial charge is 0.253 e. The Bertz CT molecular complexity index is 1330. The molecule has 3 aromatic rings. The number of amides is 2. The molecule has 0 spiro atoms. The molecule has 2 aliphatic rings. The van der Waals surface area contributed by atoms with E-state index in [4.69, 9.17) is 28.2 Å². The SMILES string of the molecule is CC(=O)N1CCN(C(=O)c2ccc(CSc3nc(Cl)cc(N4CCN(c5cccc(Cl)c5)CC4)n3)cc2)CC1. The van der Waals surface area contributed by atoms with Crippen molar-refractivity contribution >= 4 is 58.3 Å². The molecule has 39 heavy (non-hydrogen) atoms. The summed E-state index contributed by atoms with van der Waals surface area (Å²) in [5, 5.41) is 1.79. The number of hydrogen-bond donors (Lipinski definition) is 0. The number of benzene rings is 2. The van der Waals surface area contributed by atoms with E-state index in [1.165, 1.54) is 11.8 Å². The molecule has 0 saturated carbocycles. The number of rotatable bonds is 6. The molecule has 3 heterocycles. The van der Waals surface area contributed by atoms with Gasteiger partial charge in [0.1, 0.15) is 11.0 Å². The predicted molar refractivity (Wildman–Crippen MR) is 157 cm³/mol. The number of hydrogen-bond acceptors (Lipinski definition) is 7. The van der Waals surface area contributed by atoms with E-state index >= 15 is 0 Å². The van der Waals surface area contributed by atoms with E-state index in [1.54, 1.807) is 16.7 Å². The second kappa shape index (κ2) is 12.4. The molecule has 0 radical (unpaired) electrons. The Morgan fingerprint density at radius 1 is 0.821 bits per heavy atom. The summed E-state index contributed by atoms with van der Waals surface area (Å²) < 4.78 is 0. The standard InChI is InChI=1S/C28H30Cl2N6O2S/c1-20(37)33-9-15-36(16-10-33)27(38)22-7-5-21(6-8-22)19-39-28-31-25(30)18-26(32-28)35-13-11-34(12-14-35)24-4-2-3-23(29)17-24/h2-8,17-18H,9-16,19H2,1H3. The summed E-state index contributed by atoms with van der Waals surface area (Å²) in [6, 6.07) is 17.4. The fraction of sp³-hybridized carbons (Fsp3) is 0.357. The maximum atomic E-state index is 12.9. The number of aromatic nitrogens is 2. The van der Waals surface area contributed by atoms with E-state index in [1.807, 2.05) is 48.5 Å². The third-order valence-electron chi connectivity index (χ3n) is 7.02. The molecule has 11 heteroatoms. The van der Waals surface area contributed by atoms with Crippen LogP contribution in [0.2, 0.25) is 10.2 Å². The van der Waals surface area contributed by atoms with Gasteiger partial charge in [-0.25, -0.2) is 9.97 Å². The molecule has 204 valence electrons. The minimum Gasteiger partial charge on any atom is -0.368 e. The molecule has 1 aromatic heterocycles. The second-order valence-corrected chi connectivity index (χ2v) is 11.3. The average Bonchev–Trinajstić information content (AvgIpc) is 2.96. The van der Waals surface area contributed by atoms with Crippen LogP contribution >= 0.6 is 35.0 Å². The van der Waals surface area contributed by atoms with Crippen LogP contribution in [-0.2, 0) is 10.5 Å². The van der Waals surface area contributed by atoms with Gasteiger partial charge in [-0.1, -0.05) is 53.2 Å². The van der Waals surface area contributed by atoms with E-state index < -0.39 is 0 Å². The van der Waals surface area contributed by atoms with E-state index in [9.17, 15) is 9.59 Å². The molecule has 0 N–H and O–H groups in total. The molecule has 8 nitrogen and oxygen atoms in total. The minimum atomic E-state index is -0.00400. The van der Waals surface area contributed by atoms with Crippen molar-refractivity contribution in [2.24, 2.45) is 0 Å². The number of anilines is 2. The molecule has 2 amide bonds. The Labute approximate surface area is 242 Å². The highest BCUT2D eigenvalue weighted by molar-refractivity contribution is 7.98. The fourth-order valence-corrected chi connectivity index (χ4v) is 6.00. The van der Waals surface area contributed by atoms with Crippen LogP contribution in [-0.4, -0.2) is 83.9 Å². The van der Waals surface area contributed by atoms with Gasteiger partial charge in [0.25, 0.3) is 5.91 Å². The fourth-order valence-electron chi connectivity index (χ4n) is 4.78. The summed E-state index contributed by atoms with van der Waals surface area (Å²) in [5.41, 5.74) is 2.85. The van der Waals surface area contributed by atoms with E-state index in [-0.39, 0.29) is 11.8 Å². The van der Waals surface area contributed by atoms with Crippen molar-refractivity contribution in [3.63, 3.8) is 0 Å². The highest BCUT2D eigenvalue weighted by atomic mass is 35.5. The van der Waals surface area contributed by atoms with Crippen LogP contribution in [0, 0.1) is 0 Å². The largest absolute Gasteiger partial charge is 0.368 e. The first-order valence-electron chi connectivity index (χ1n) is 12.9. The van der Waals surface area contributed by atoms with Crippen molar-refractivity contribution in [2.75, 3.05) is 62.2 Å². The molecular formula is C28H30Cl2N6O2S. The van der Waals surface area contributed by atoms with Gasteiger partial charge in [0.15, 0.2) is 5.16 Å². The summed E-state index contributed by atoms with van der Waals surface area (Å²) in [4.78, 5) is 41.7. The molecule has 5 rings (SSSR count). The van der Waals surface area contributed by atoms with Crippen molar-refractivity contribution in [2.45, 2.75) is 17.8 Å². The van der Waals surface area contributed by atoms with Crippen LogP contribution < -0.4 is 9.80 Å². The zero-order chi connectivity index (χ0) is 27.4. The quantitative estimate of drug-likeness (QED) is 0.236. The Kier molecular flexibility index (Phi) is 8.79. The first-order valence-corrected chi connectivity index (χ1v) is 14.7. The van der Waals surface area contributed by atoms with Gasteiger partial charge in [-0.3, -0.25) is 9.59 Å². The Hall–Kier alpha value is -3.01. The number of nitrogens with zero attached hydrogens (tertiary/aromatic N) is 6. The predicted octanol–water partition coefficient (Wildman–Crippen LogP) is 4.71. The van der Waals surface area contributed by atoms with E-state index in [2.05, 4.69) is 20.9 Å². The van der Waals surface area contributed by atoms with Crippen molar-refractivity contribution in [3.05, 3.63) is 75.9 Å². The molecule has 0 atom stereocenters. The maximum Gasteiger partial charge on any atom is 0.253 e. The van der Waals surface area contributed by atoms with Gasteiger partial charge in [-0.15, -0.1) is 0 Å². The number of halogens is 2. The van der Waals surface area contributed by atoms with Gasteiger partial charge < -0.3 is 19.6 Å². The van der Waals surface area contributed by atoms with Crippen LogP contribution in [0.3, 0.4) is 0 Å². The van der Waals surface area contributed by atoms with Gasteiger partial charge >= 0.3 is 0 Å². The zero-order valence-electron chi connectivity index (χ0n) is 21.7. The highest BCUT2D eigenvalue weighted by Gasteiger charge is 2.23. The summed E-state index contributed by atoms with van der Waals surface area (Å²) in [6.07, 6.45) is 0. The Morgan fingerprint density at radius 2 is 1.49 bits per heavy atom. The highest BCUT2D eigenvalue weighted by Crippen LogP contribution is 2.27. The lowest BCUT2D eigenvalue weighted by molar-refractivity contribution is -0.130. The zero-order valence-corrected chi connectivity index (χ0v) is 24.1. The Morgan fingerprint density at radius 3 is 2.15 bits per heavy atom. The van der Waals surface area contributed by atoms with Crippen molar-refractivity contribution in [3.8, 4) is 0 Å². The lowest BCUT2D eigenvalue weighted by Gasteiger charge is -2.36.